The van der Waals surface area contributed by atoms with Gasteiger partial charge in [-0.05, 0) is 24.6 Å². The van der Waals surface area contributed by atoms with Gasteiger partial charge < -0.3 is 4.74 Å². The highest BCUT2D eigenvalue weighted by Gasteiger charge is 2.26. The standard InChI is InChI=1S/C9H8FNO4/c1-5-3-6(9(12)15-2)8(11(13)14)7(10)4-5/h3-4H,1-2H3. The average molecular weight is 213 g/mol. The van der Waals surface area contributed by atoms with E-state index in [4.69, 9.17) is 0 Å². The Morgan fingerprint density at radius 2 is 2.13 bits per heavy atom. The van der Waals surface area contributed by atoms with Crippen LogP contribution in [0.25, 0.3) is 0 Å². The highest BCUT2D eigenvalue weighted by Crippen LogP contribution is 2.24. The zero-order chi connectivity index (χ0) is 11.6. The summed E-state index contributed by atoms with van der Waals surface area (Å²) in [5, 5.41) is 10.5. The lowest BCUT2D eigenvalue weighted by atomic mass is 10.1. The molecule has 0 fully saturated rings. The smallest absolute Gasteiger partial charge is 0.345 e. The number of benzene rings is 1. The van der Waals surface area contributed by atoms with Crippen molar-refractivity contribution < 1.29 is 18.8 Å². The molecule has 0 radical (unpaired) electrons. The van der Waals surface area contributed by atoms with Gasteiger partial charge in [0.25, 0.3) is 0 Å². The van der Waals surface area contributed by atoms with Crippen LogP contribution in [0.1, 0.15) is 15.9 Å². The van der Waals surface area contributed by atoms with Crippen LogP contribution in [-0.2, 0) is 4.74 Å². The number of methoxy groups -OCH3 is 1. The van der Waals surface area contributed by atoms with E-state index in [1.54, 1.807) is 0 Å². The Kier molecular flexibility index (Phi) is 2.99. The first-order valence-corrected chi connectivity index (χ1v) is 4.00. The van der Waals surface area contributed by atoms with Crippen molar-refractivity contribution in [3.8, 4) is 0 Å². The van der Waals surface area contributed by atoms with Gasteiger partial charge in [-0.2, -0.15) is 4.39 Å². The fourth-order valence-electron chi connectivity index (χ4n) is 1.19. The number of esters is 1. The molecule has 0 N–H and O–H groups in total. The minimum atomic E-state index is -1.04. The van der Waals surface area contributed by atoms with E-state index < -0.39 is 22.4 Å². The Morgan fingerprint density at radius 1 is 1.53 bits per heavy atom. The average Bonchev–Trinajstić information content (AvgIpc) is 2.14. The molecule has 15 heavy (non-hydrogen) atoms. The summed E-state index contributed by atoms with van der Waals surface area (Å²) in [7, 11) is 1.08. The topological polar surface area (TPSA) is 69.4 Å². The highest BCUT2D eigenvalue weighted by molar-refractivity contribution is 5.94. The molecule has 0 amide bonds. The van der Waals surface area contributed by atoms with Gasteiger partial charge in [0.15, 0.2) is 0 Å². The van der Waals surface area contributed by atoms with E-state index in [1.165, 1.54) is 13.0 Å². The number of carbonyl (C=O) groups is 1. The maximum atomic E-state index is 13.2. The number of rotatable bonds is 2. The number of nitro groups is 1. The Balaban J connectivity index is 3.46. The minimum Gasteiger partial charge on any atom is -0.465 e. The van der Waals surface area contributed by atoms with Crippen LogP contribution in [0.2, 0.25) is 0 Å². The van der Waals surface area contributed by atoms with Crippen LogP contribution in [0, 0.1) is 22.9 Å². The maximum absolute atomic E-state index is 13.2. The molecule has 0 aliphatic heterocycles. The van der Waals surface area contributed by atoms with Gasteiger partial charge in [-0.1, -0.05) is 0 Å². The van der Waals surface area contributed by atoms with Crippen molar-refractivity contribution in [2.45, 2.75) is 6.92 Å². The number of carbonyl (C=O) groups excluding carboxylic acids is 1. The lowest BCUT2D eigenvalue weighted by Crippen LogP contribution is -2.08. The molecule has 0 atom stereocenters. The molecule has 0 aliphatic carbocycles. The normalized spacial score (nSPS) is 9.80. The van der Waals surface area contributed by atoms with Crippen molar-refractivity contribution >= 4 is 11.7 Å². The van der Waals surface area contributed by atoms with Crippen LogP contribution in [0.3, 0.4) is 0 Å². The van der Waals surface area contributed by atoms with Crippen molar-refractivity contribution in [1.82, 2.24) is 0 Å². The van der Waals surface area contributed by atoms with Gasteiger partial charge in [0.1, 0.15) is 5.56 Å². The van der Waals surface area contributed by atoms with Crippen LogP contribution < -0.4 is 0 Å². The second kappa shape index (κ2) is 4.04. The van der Waals surface area contributed by atoms with E-state index in [2.05, 4.69) is 4.74 Å². The van der Waals surface area contributed by atoms with Crippen molar-refractivity contribution in [2.75, 3.05) is 7.11 Å². The molecule has 1 aromatic rings. The van der Waals surface area contributed by atoms with Crippen LogP contribution in [-0.4, -0.2) is 18.0 Å². The Morgan fingerprint density at radius 3 is 2.60 bits per heavy atom. The first-order chi connectivity index (χ1) is 6.97. The van der Waals surface area contributed by atoms with Crippen molar-refractivity contribution in [2.24, 2.45) is 0 Å². The number of nitrogens with zero attached hydrogens (tertiary/aromatic N) is 1. The lowest BCUT2D eigenvalue weighted by Gasteiger charge is -2.03. The number of halogens is 1. The monoisotopic (exact) mass is 213 g/mol. The van der Waals surface area contributed by atoms with Gasteiger partial charge >= 0.3 is 11.7 Å². The Bertz CT molecular complexity index is 430. The predicted molar refractivity (Wildman–Crippen MR) is 49.1 cm³/mol. The molecule has 80 valence electrons. The fraction of sp³-hybridized carbons (Fsp3) is 0.222. The molecule has 6 heteroatoms. The third-order valence-electron chi connectivity index (χ3n) is 1.80. The number of ether oxygens (including phenoxy) is 1. The zero-order valence-corrected chi connectivity index (χ0v) is 8.11. The van der Waals surface area contributed by atoms with Crippen LogP contribution >= 0.6 is 0 Å². The van der Waals surface area contributed by atoms with Crippen molar-refractivity contribution in [1.29, 1.82) is 0 Å². The SMILES string of the molecule is COC(=O)c1cc(C)cc(F)c1[N+](=O)[O-]. The number of aryl methyl sites for hydroxylation is 1. The third kappa shape index (κ3) is 2.09. The molecular weight excluding hydrogens is 205 g/mol. The molecule has 0 unspecified atom stereocenters. The lowest BCUT2D eigenvalue weighted by molar-refractivity contribution is -0.387. The summed E-state index contributed by atoms with van der Waals surface area (Å²) in [6.07, 6.45) is 0. The van der Waals surface area contributed by atoms with Crippen molar-refractivity contribution in [3.63, 3.8) is 0 Å². The van der Waals surface area contributed by atoms with Crippen LogP contribution in [0.15, 0.2) is 12.1 Å². The van der Waals surface area contributed by atoms with E-state index >= 15 is 0 Å². The summed E-state index contributed by atoms with van der Waals surface area (Å²) in [5.41, 5.74) is -0.814. The van der Waals surface area contributed by atoms with Crippen LogP contribution in [0.5, 0.6) is 0 Å². The van der Waals surface area contributed by atoms with Gasteiger partial charge in [0.2, 0.25) is 5.82 Å². The van der Waals surface area contributed by atoms with E-state index in [0.29, 0.717) is 5.56 Å². The molecule has 0 aromatic heterocycles. The molecule has 0 spiro atoms. The van der Waals surface area contributed by atoms with Gasteiger partial charge in [-0.15, -0.1) is 0 Å². The van der Waals surface area contributed by atoms with E-state index in [-0.39, 0.29) is 5.56 Å². The number of nitro benzene ring substituents is 1. The molecule has 0 bridgehead atoms. The molecule has 1 aromatic carbocycles. The molecular formula is C9H8FNO4. The zero-order valence-electron chi connectivity index (χ0n) is 8.11. The summed E-state index contributed by atoms with van der Waals surface area (Å²) >= 11 is 0. The second-order valence-electron chi connectivity index (χ2n) is 2.89. The molecule has 1 rings (SSSR count). The highest BCUT2D eigenvalue weighted by atomic mass is 19.1. The molecule has 0 heterocycles. The van der Waals surface area contributed by atoms with Gasteiger partial charge in [-0.3, -0.25) is 10.1 Å². The fourth-order valence-corrected chi connectivity index (χ4v) is 1.19. The molecule has 0 saturated heterocycles. The summed E-state index contributed by atoms with van der Waals surface area (Å²) < 4.78 is 17.5. The third-order valence-corrected chi connectivity index (χ3v) is 1.80. The first kappa shape index (κ1) is 11.1. The van der Waals surface area contributed by atoms with E-state index in [9.17, 15) is 19.3 Å². The van der Waals surface area contributed by atoms with Gasteiger partial charge in [0.05, 0.1) is 12.0 Å². The summed E-state index contributed by atoms with van der Waals surface area (Å²) in [5.74, 6) is -1.97. The van der Waals surface area contributed by atoms with Gasteiger partial charge in [-0.25, -0.2) is 4.79 Å². The summed E-state index contributed by atoms with van der Waals surface area (Å²) in [6.45, 7) is 1.53. The van der Waals surface area contributed by atoms with Crippen molar-refractivity contribution in [3.05, 3.63) is 39.2 Å². The maximum Gasteiger partial charge on any atom is 0.345 e. The van der Waals surface area contributed by atoms with E-state index in [1.807, 2.05) is 0 Å². The number of hydrogen-bond acceptors (Lipinski definition) is 4. The minimum absolute atomic E-state index is 0.375. The summed E-state index contributed by atoms with van der Waals surface area (Å²) in [4.78, 5) is 20.7. The number of hydrogen-bond donors (Lipinski definition) is 0. The largest absolute Gasteiger partial charge is 0.465 e. The second-order valence-corrected chi connectivity index (χ2v) is 2.89. The predicted octanol–water partition coefficient (Wildman–Crippen LogP) is 1.83. The molecule has 0 saturated carbocycles. The Labute approximate surface area is 84.6 Å². The van der Waals surface area contributed by atoms with Gasteiger partial charge in [0, 0.05) is 0 Å². The molecule has 5 nitrogen and oxygen atoms in total. The summed E-state index contributed by atoms with van der Waals surface area (Å²) in [6, 6.07) is 2.21. The first-order valence-electron chi connectivity index (χ1n) is 4.00. The van der Waals surface area contributed by atoms with Crippen LogP contribution in [0.4, 0.5) is 10.1 Å². The Hall–Kier alpha value is -1.98. The quantitative estimate of drug-likeness (QED) is 0.427. The molecule has 0 aliphatic rings. The van der Waals surface area contributed by atoms with E-state index in [0.717, 1.165) is 13.2 Å².